The number of amides is 2. The number of alkyl halides is 4. The molecule has 12 nitrogen and oxygen atoms in total. The van der Waals surface area contributed by atoms with Crippen molar-refractivity contribution in [2.75, 3.05) is 50.0 Å². The summed E-state index contributed by atoms with van der Waals surface area (Å²) >= 11 is 0. The number of anilines is 2. The number of benzene rings is 1. The van der Waals surface area contributed by atoms with Crippen molar-refractivity contribution >= 4 is 23.3 Å². The van der Waals surface area contributed by atoms with Crippen molar-refractivity contribution in [3.05, 3.63) is 54.0 Å². The van der Waals surface area contributed by atoms with Gasteiger partial charge in [0.05, 0.1) is 25.0 Å². The van der Waals surface area contributed by atoms with Crippen LogP contribution in [0, 0.1) is 0 Å². The van der Waals surface area contributed by atoms with E-state index >= 15 is 0 Å². The second-order valence-corrected chi connectivity index (χ2v) is 9.30. The lowest BCUT2D eigenvalue weighted by molar-refractivity contribution is -0.274. The van der Waals surface area contributed by atoms with Crippen molar-refractivity contribution in [3.63, 3.8) is 0 Å². The molecule has 1 atom stereocenters. The van der Waals surface area contributed by atoms with Gasteiger partial charge < -0.3 is 20.3 Å². The Hall–Kier alpha value is -4.34. The number of aromatic nitrogens is 5. The number of carbonyl (C=O) groups excluding carboxylic acids is 2. The monoisotopic (exact) mass is 579 g/mol. The lowest BCUT2D eigenvalue weighted by atomic mass is 10.1. The maximum absolute atomic E-state index is 14.4. The fraction of sp³-hybridized carbons (Fsp3) is 0.440. The Labute approximate surface area is 232 Å². The first kappa shape index (κ1) is 29.6. The minimum absolute atomic E-state index is 0.0526. The van der Waals surface area contributed by atoms with E-state index in [2.05, 4.69) is 35.9 Å². The Morgan fingerprint density at radius 1 is 1.02 bits per heavy atom. The van der Waals surface area contributed by atoms with Crippen molar-refractivity contribution in [2.24, 2.45) is 0 Å². The molecular formula is C25H29F4N9O3. The molecule has 220 valence electrons. The Kier molecular flexibility index (Phi) is 9.65. The second kappa shape index (κ2) is 13.3. The van der Waals surface area contributed by atoms with E-state index in [1.807, 2.05) is 9.80 Å². The summed E-state index contributed by atoms with van der Waals surface area (Å²) in [5.41, 5.74) is 1.44. The number of aryl methyl sites for hydroxylation is 1. The molecule has 2 N–H and O–H groups in total. The van der Waals surface area contributed by atoms with Gasteiger partial charge >= 0.3 is 6.36 Å². The SMILES string of the molecule is CNC(=O)c1cn(C[C@@H](F)CCc2ccc(NC(=O)CN3CCN(c4ccc(OC(F)(F)F)cc4)CC3)nn2)nn1. The first-order valence-corrected chi connectivity index (χ1v) is 12.8. The smallest absolute Gasteiger partial charge is 0.406 e. The van der Waals surface area contributed by atoms with Crippen LogP contribution in [0.15, 0.2) is 42.6 Å². The molecule has 16 heteroatoms. The van der Waals surface area contributed by atoms with Crippen molar-refractivity contribution in [1.29, 1.82) is 0 Å². The first-order chi connectivity index (χ1) is 19.6. The van der Waals surface area contributed by atoms with Crippen LogP contribution in [0.2, 0.25) is 0 Å². The third-order valence-corrected chi connectivity index (χ3v) is 6.26. The highest BCUT2D eigenvalue weighted by molar-refractivity contribution is 5.91. The van der Waals surface area contributed by atoms with Crippen molar-refractivity contribution in [3.8, 4) is 5.75 Å². The molecule has 0 saturated carbocycles. The Balaban J connectivity index is 1.16. The van der Waals surface area contributed by atoms with Crippen LogP contribution >= 0.6 is 0 Å². The third kappa shape index (κ3) is 9.09. The van der Waals surface area contributed by atoms with E-state index in [1.54, 1.807) is 24.3 Å². The molecule has 2 aromatic heterocycles. The molecule has 1 saturated heterocycles. The summed E-state index contributed by atoms with van der Waals surface area (Å²) in [5.74, 6) is -0.662. The third-order valence-electron chi connectivity index (χ3n) is 6.26. The van der Waals surface area contributed by atoms with Gasteiger partial charge in [0.15, 0.2) is 11.5 Å². The fourth-order valence-electron chi connectivity index (χ4n) is 4.19. The second-order valence-electron chi connectivity index (χ2n) is 9.30. The van der Waals surface area contributed by atoms with Crippen LogP contribution in [-0.4, -0.2) is 94.2 Å². The van der Waals surface area contributed by atoms with E-state index in [9.17, 15) is 27.2 Å². The number of piperazine rings is 1. The lowest BCUT2D eigenvalue weighted by Crippen LogP contribution is -2.48. The average Bonchev–Trinajstić information content (AvgIpc) is 3.40. The van der Waals surface area contributed by atoms with Gasteiger partial charge in [0.25, 0.3) is 5.91 Å². The van der Waals surface area contributed by atoms with Gasteiger partial charge in [-0.05, 0) is 49.2 Å². The summed E-state index contributed by atoms with van der Waals surface area (Å²) in [6, 6.07) is 8.95. The number of hydrogen-bond acceptors (Lipinski definition) is 9. The van der Waals surface area contributed by atoms with Crippen LogP contribution < -0.4 is 20.3 Å². The number of nitrogens with one attached hydrogen (secondary N) is 2. The number of nitrogens with zero attached hydrogens (tertiary/aromatic N) is 7. The topological polar surface area (TPSA) is 130 Å². The fourth-order valence-corrected chi connectivity index (χ4v) is 4.19. The summed E-state index contributed by atoms with van der Waals surface area (Å²) in [5, 5.41) is 20.6. The standard InChI is InChI=1S/C25H29F4N9O3/c1-30-24(40)21-15-38(35-33-21)14-17(26)2-3-18-4-9-22(34-32-18)31-23(39)16-36-10-12-37(13-11-36)19-5-7-20(8-6-19)41-25(27,28)29/h4-9,15,17H,2-3,10-14,16H2,1H3,(H,30,40)(H,31,34,39)/t17-/m0/s1. The number of rotatable bonds is 11. The molecule has 2 amide bonds. The molecular weight excluding hydrogens is 550 g/mol. The van der Waals surface area contributed by atoms with Crippen LogP contribution in [0.25, 0.3) is 0 Å². The van der Waals surface area contributed by atoms with Gasteiger partial charge in [-0.25, -0.2) is 9.07 Å². The molecule has 0 radical (unpaired) electrons. The highest BCUT2D eigenvalue weighted by atomic mass is 19.4. The summed E-state index contributed by atoms with van der Waals surface area (Å²) in [4.78, 5) is 28.0. The van der Waals surface area contributed by atoms with Gasteiger partial charge in [0.1, 0.15) is 11.9 Å². The number of hydrogen-bond donors (Lipinski definition) is 2. The normalized spacial score (nSPS) is 14.9. The van der Waals surface area contributed by atoms with Crippen LogP contribution in [0.5, 0.6) is 5.75 Å². The Bertz CT molecular complexity index is 1290. The molecule has 1 aromatic carbocycles. The van der Waals surface area contributed by atoms with Gasteiger partial charge in [-0.1, -0.05) is 5.21 Å². The molecule has 0 spiro atoms. The molecule has 4 rings (SSSR count). The maximum atomic E-state index is 14.4. The minimum atomic E-state index is -4.73. The van der Waals surface area contributed by atoms with E-state index < -0.39 is 18.4 Å². The van der Waals surface area contributed by atoms with E-state index in [-0.39, 0.29) is 42.7 Å². The van der Waals surface area contributed by atoms with Gasteiger partial charge in [0, 0.05) is 38.9 Å². The van der Waals surface area contributed by atoms with E-state index in [0.29, 0.717) is 38.3 Å². The summed E-state index contributed by atoms with van der Waals surface area (Å²) in [7, 11) is 1.47. The van der Waals surface area contributed by atoms with Crippen molar-refractivity contribution < 1.29 is 31.9 Å². The largest absolute Gasteiger partial charge is 0.573 e. The van der Waals surface area contributed by atoms with Gasteiger partial charge in [-0.15, -0.1) is 23.4 Å². The van der Waals surface area contributed by atoms with Crippen LogP contribution in [0.1, 0.15) is 22.6 Å². The van der Waals surface area contributed by atoms with Crippen molar-refractivity contribution in [1.82, 2.24) is 35.4 Å². The molecule has 1 aliphatic rings. The zero-order valence-corrected chi connectivity index (χ0v) is 22.1. The predicted molar refractivity (Wildman–Crippen MR) is 139 cm³/mol. The Morgan fingerprint density at radius 3 is 2.39 bits per heavy atom. The van der Waals surface area contributed by atoms with Crippen LogP contribution in [0.3, 0.4) is 0 Å². The molecule has 0 aliphatic carbocycles. The molecule has 3 heterocycles. The molecule has 41 heavy (non-hydrogen) atoms. The van der Waals surface area contributed by atoms with Gasteiger partial charge in [0.2, 0.25) is 5.91 Å². The van der Waals surface area contributed by atoms with Gasteiger partial charge in [-0.3, -0.25) is 14.5 Å². The molecule has 1 fully saturated rings. The number of carbonyl (C=O) groups is 2. The van der Waals surface area contributed by atoms with E-state index in [1.165, 1.54) is 30.1 Å². The van der Waals surface area contributed by atoms with Crippen molar-refractivity contribution in [2.45, 2.75) is 31.9 Å². The summed E-state index contributed by atoms with van der Waals surface area (Å²) in [6.07, 6.45) is -4.11. The van der Waals surface area contributed by atoms with E-state index in [4.69, 9.17) is 0 Å². The highest BCUT2D eigenvalue weighted by Crippen LogP contribution is 2.26. The van der Waals surface area contributed by atoms with Crippen LogP contribution in [0.4, 0.5) is 29.1 Å². The first-order valence-electron chi connectivity index (χ1n) is 12.8. The zero-order valence-electron chi connectivity index (χ0n) is 22.1. The average molecular weight is 580 g/mol. The molecule has 0 bridgehead atoms. The minimum Gasteiger partial charge on any atom is -0.406 e. The quantitative estimate of drug-likeness (QED) is 0.328. The lowest BCUT2D eigenvalue weighted by Gasteiger charge is -2.35. The molecule has 0 unspecified atom stereocenters. The maximum Gasteiger partial charge on any atom is 0.573 e. The number of ether oxygens (including phenoxy) is 1. The van der Waals surface area contributed by atoms with Crippen LogP contribution in [-0.2, 0) is 17.8 Å². The molecule has 3 aromatic rings. The summed E-state index contributed by atoms with van der Waals surface area (Å²) < 4.78 is 56.6. The predicted octanol–water partition coefficient (Wildman–Crippen LogP) is 2.06. The highest BCUT2D eigenvalue weighted by Gasteiger charge is 2.31. The zero-order chi connectivity index (χ0) is 29.4. The van der Waals surface area contributed by atoms with Gasteiger partial charge in [-0.2, -0.15) is 5.10 Å². The summed E-state index contributed by atoms with van der Waals surface area (Å²) in [6.45, 7) is 2.47. The Morgan fingerprint density at radius 2 is 1.76 bits per heavy atom. The number of halogens is 4. The molecule has 1 aliphatic heterocycles. The van der Waals surface area contributed by atoms with E-state index in [0.717, 1.165) is 5.69 Å².